The van der Waals surface area contributed by atoms with Gasteiger partial charge in [0, 0.05) is 12.6 Å². The molecule has 0 aliphatic rings. The van der Waals surface area contributed by atoms with Gasteiger partial charge in [0.1, 0.15) is 12.7 Å². The molecule has 0 radical (unpaired) electrons. The van der Waals surface area contributed by atoms with E-state index in [4.69, 9.17) is 4.74 Å². The number of hydrogen-bond acceptors (Lipinski definition) is 5. The molecule has 0 heterocycles. The number of aliphatic hydroxyl groups excluding tert-OH is 1. The first-order valence-corrected chi connectivity index (χ1v) is 7.15. The van der Waals surface area contributed by atoms with E-state index in [1.807, 2.05) is 0 Å². The smallest absolute Gasteiger partial charge is 0.312 e. The van der Waals surface area contributed by atoms with Gasteiger partial charge in [-0.15, -0.1) is 0 Å². The number of hydrogen-bond donors (Lipinski definition) is 2. The summed E-state index contributed by atoms with van der Waals surface area (Å²) in [5.41, 5.74) is -0.123. The van der Waals surface area contributed by atoms with E-state index in [-0.39, 0.29) is 18.0 Å². The second-order valence-corrected chi connectivity index (χ2v) is 5.72. The Morgan fingerprint density at radius 3 is 2.75 bits per heavy atom. The molecule has 0 aliphatic heterocycles. The fourth-order valence-corrected chi connectivity index (χ4v) is 2.03. The van der Waals surface area contributed by atoms with E-state index < -0.39 is 11.0 Å². The Kier molecular flexibility index (Phi) is 6.90. The zero-order chi connectivity index (χ0) is 15.1. The molecular formula is C13H19BrN2O4. The molecular weight excluding hydrogens is 328 g/mol. The van der Waals surface area contributed by atoms with Gasteiger partial charge in [0.15, 0.2) is 0 Å². The lowest BCUT2D eigenvalue weighted by molar-refractivity contribution is -0.386. The maximum absolute atomic E-state index is 10.9. The van der Waals surface area contributed by atoms with Crippen LogP contribution in [0.15, 0.2) is 22.7 Å². The number of nitrogens with zero attached hydrogens (tertiary/aromatic N) is 1. The van der Waals surface area contributed by atoms with Crippen LogP contribution in [0.3, 0.4) is 0 Å². The monoisotopic (exact) mass is 346 g/mol. The zero-order valence-corrected chi connectivity index (χ0v) is 13.1. The minimum atomic E-state index is -0.722. The highest BCUT2D eigenvalue weighted by Gasteiger charge is 2.19. The number of rotatable bonds is 8. The number of aliphatic hydroxyl groups is 1. The van der Waals surface area contributed by atoms with Crippen molar-refractivity contribution in [2.24, 2.45) is 5.92 Å². The SMILES string of the molecule is CC(C)CNCC(O)COc1c(Br)cccc1[N+](=O)[O-]. The second-order valence-electron chi connectivity index (χ2n) is 4.86. The van der Waals surface area contributed by atoms with Gasteiger partial charge in [0.05, 0.1) is 9.40 Å². The van der Waals surface area contributed by atoms with Gasteiger partial charge in [-0.25, -0.2) is 0 Å². The first-order chi connectivity index (χ1) is 9.41. The van der Waals surface area contributed by atoms with Crippen molar-refractivity contribution in [2.45, 2.75) is 20.0 Å². The summed E-state index contributed by atoms with van der Waals surface area (Å²) in [6.07, 6.45) is -0.722. The van der Waals surface area contributed by atoms with Gasteiger partial charge in [0.2, 0.25) is 5.75 Å². The molecule has 0 aliphatic carbocycles. The van der Waals surface area contributed by atoms with Gasteiger partial charge in [-0.05, 0) is 34.5 Å². The molecule has 0 amide bonds. The lowest BCUT2D eigenvalue weighted by Crippen LogP contribution is -2.33. The predicted molar refractivity (Wildman–Crippen MR) is 80.0 cm³/mol. The van der Waals surface area contributed by atoms with E-state index in [1.165, 1.54) is 6.07 Å². The Hall–Kier alpha value is -1.18. The number of para-hydroxylation sites is 1. The van der Waals surface area contributed by atoms with Crippen molar-refractivity contribution < 1.29 is 14.8 Å². The van der Waals surface area contributed by atoms with Crippen LogP contribution >= 0.6 is 15.9 Å². The standard InChI is InChI=1S/C13H19BrN2O4/c1-9(2)6-15-7-10(17)8-20-13-11(14)4-3-5-12(13)16(18)19/h3-5,9-10,15,17H,6-8H2,1-2H3. The summed E-state index contributed by atoms with van der Waals surface area (Å²) < 4.78 is 5.86. The Balaban J connectivity index is 2.55. The molecule has 2 N–H and O–H groups in total. The molecule has 0 saturated carbocycles. The molecule has 112 valence electrons. The van der Waals surface area contributed by atoms with Crippen molar-refractivity contribution >= 4 is 21.6 Å². The van der Waals surface area contributed by atoms with Crippen LogP contribution in [0, 0.1) is 16.0 Å². The average molecular weight is 347 g/mol. The van der Waals surface area contributed by atoms with E-state index in [2.05, 4.69) is 35.1 Å². The summed E-state index contributed by atoms with van der Waals surface area (Å²) in [7, 11) is 0. The van der Waals surface area contributed by atoms with E-state index in [0.717, 1.165) is 6.54 Å². The Labute approximate surface area is 126 Å². The second kappa shape index (κ2) is 8.18. The highest BCUT2D eigenvalue weighted by atomic mass is 79.9. The lowest BCUT2D eigenvalue weighted by atomic mass is 10.2. The summed E-state index contributed by atoms with van der Waals surface area (Å²) in [4.78, 5) is 10.4. The number of nitro benzene ring substituents is 1. The highest BCUT2D eigenvalue weighted by molar-refractivity contribution is 9.10. The van der Waals surface area contributed by atoms with E-state index in [9.17, 15) is 15.2 Å². The van der Waals surface area contributed by atoms with Crippen molar-refractivity contribution in [1.29, 1.82) is 0 Å². The third kappa shape index (κ3) is 5.44. The summed E-state index contributed by atoms with van der Waals surface area (Å²) >= 11 is 3.21. The van der Waals surface area contributed by atoms with E-state index in [1.54, 1.807) is 12.1 Å². The summed E-state index contributed by atoms with van der Waals surface area (Å²) in [5, 5.41) is 23.8. The van der Waals surface area contributed by atoms with Crippen LogP contribution in [-0.4, -0.2) is 35.8 Å². The minimum absolute atomic E-state index is 0.00541. The molecule has 7 heteroatoms. The average Bonchev–Trinajstić information content (AvgIpc) is 2.36. The molecule has 6 nitrogen and oxygen atoms in total. The van der Waals surface area contributed by atoms with E-state index >= 15 is 0 Å². The number of nitrogens with one attached hydrogen (secondary N) is 1. The van der Waals surface area contributed by atoms with E-state index in [0.29, 0.717) is 16.9 Å². The van der Waals surface area contributed by atoms with Crippen LogP contribution < -0.4 is 10.1 Å². The van der Waals surface area contributed by atoms with Gasteiger partial charge in [-0.1, -0.05) is 19.9 Å². The van der Waals surface area contributed by atoms with Crippen LogP contribution in [0.4, 0.5) is 5.69 Å². The van der Waals surface area contributed by atoms with Crippen molar-refractivity contribution in [3.63, 3.8) is 0 Å². The van der Waals surface area contributed by atoms with Crippen molar-refractivity contribution in [3.05, 3.63) is 32.8 Å². The molecule has 1 aromatic rings. The molecule has 1 atom stereocenters. The molecule has 0 aromatic heterocycles. The van der Waals surface area contributed by atoms with Gasteiger partial charge in [0.25, 0.3) is 0 Å². The van der Waals surface area contributed by atoms with Gasteiger partial charge in [-0.2, -0.15) is 0 Å². The van der Waals surface area contributed by atoms with Crippen LogP contribution in [0.25, 0.3) is 0 Å². The quantitative estimate of drug-likeness (QED) is 0.557. The first-order valence-electron chi connectivity index (χ1n) is 6.36. The molecule has 0 spiro atoms. The Bertz CT molecular complexity index is 454. The Morgan fingerprint density at radius 2 is 2.15 bits per heavy atom. The fraction of sp³-hybridized carbons (Fsp3) is 0.538. The molecule has 20 heavy (non-hydrogen) atoms. The maximum atomic E-state index is 10.9. The number of benzene rings is 1. The third-order valence-corrected chi connectivity index (χ3v) is 3.12. The number of halogens is 1. The van der Waals surface area contributed by atoms with Crippen molar-refractivity contribution in [2.75, 3.05) is 19.7 Å². The highest BCUT2D eigenvalue weighted by Crippen LogP contribution is 2.34. The summed E-state index contributed by atoms with van der Waals surface area (Å²) in [5.74, 6) is 0.632. The largest absolute Gasteiger partial charge is 0.483 e. The van der Waals surface area contributed by atoms with Crippen LogP contribution in [0.5, 0.6) is 5.75 Å². The molecule has 0 saturated heterocycles. The van der Waals surface area contributed by atoms with Crippen molar-refractivity contribution in [3.8, 4) is 5.75 Å². The molecule has 1 rings (SSSR count). The van der Waals surface area contributed by atoms with Gasteiger partial charge < -0.3 is 15.2 Å². The normalized spacial score (nSPS) is 12.4. The lowest BCUT2D eigenvalue weighted by Gasteiger charge is -2.15. The number of nitro groups is 1. The third-order valence-electron chi connectivity index (χ3n) is 2.50. The molecule has 1 aromatic carbocycles. The van der Waals surface area contributed by atoms with Crippen molar-refractivity contribution in [1.82, 2.24) is 5.32 Å². The Morgan fingerprint density at radius 1 is 1.45 bits per heavy atom. The molecule has 1 unspecified atom stereocenters. The first kappa shape index (κ1) is 16.9. The number of ether oxygens (including phenoxy) is 1. The maximum Gasteiger partial charge on any atom is 0.312 e. The van der Waals surface area contributed by atoms with Crippen LogP contribution in [0.2, 0.25) is 0 Å². The molecule has 0 fully saturated rings. The minimum Gasteiger partial charge on any atom is -0.483 e. The topological polar surface area (TPSA) is 84.6 Å². The summed E-state index contributed by atoms with van der Waals surface area (Å²) in [6.45, 7) is 5.32. The predicted octanol–water partition coefficient (Wildman–Crippen LogP) is 2.34. The van der Waals surface area contributed by atoms with Gasteiger partial charge >= 0.3 is 5.69 Å². The zero-order valence-electron chi connectivity index (χ0n) is 11.5. The fourth-order valence-electron chi connectivity index (χ4n) is 1.56. The summed E-state index contributed by atoms with van der Waals surface area (Å²) in [6, 6.07) is 4.59. The van der Waals surface area contributed by atoms with Crippen LogP contribution in [0.1, 0.15) is 13.8 Å². The van der Waals surface area contributed by atoms with Gasteiger partial charge in [-0.3, -0.25) is 10.1 Å². The molecule has 0 bridgehead atoms. The van der Waals surface area contributed by atoms with Crippen LogP contribution in [-0.2, 0) is 0 Å².